The number of benzene rings is 1. The summed E-state index contributed by atoms with van der Waals surface area (Å²) in [5.74, 6) is -1.51. The first-order valence-electron chi connectivity index (χ1n) is 5.36. The molecule has 118 valence electrons. The van der Waals surface area contributed by atoms with Crippen molar-refractivity contribution >= 4 is 23.4 Å². The summed E-state index contributed by atoms with van der Waals surface area (Å²) >= 11 is -0.379. The summed E-state index contributed by atoms with van der Waals surface area (Å²) in [6.45, 7) is 0.496. The van der Waals surface area contributed by atoms with Crippen molar-refractivity contribution in [2.75, 3.05) is 5.32 Å². The molecule has 3 N–H and O–H groups in total. The Kier molecular flexibility index (Phi) is 4.83. The quantitative estimate of drug-likeness (QED) is 0.658. The van der Waals surface area contributed by atoms with Crippen molar-refractivity contribution in [2.45, 2.75) is 29.0 Å². The van der Waals surface area contributed by atoms with Gasteiger partial charge in [-0.25, -0.2) is 0 Å². The molecule has 0 spiro atoms. The molecule has 3 nitrogen and oxygen atoms in total. The van der Waals surface area contributed by atoms with Crippen molar-refractivity contribution < 1.29 is 31.1 Å². The van der Waals surface area contributed by atoms with Crippen LogP contribution in [-0.4, -0.2) is 23.1 Å². The standard InChI is InChI=1S/C11H10F6N2OS/c1-9(18,10(12,13)14)8(20)19-6-2-4-7(5-3-6)21-11(15,16)17/h2-5H,18H2,1H3,(H,19,20). The third-order valence-electron chi connectivity index (χ3n) is 2.41. The molecule has 0 fully saturated rings. The zero-order chi connectivity index (χ0) is 16.5. The highest BCUT2D eigenvalue weighted by Gasteiger charge is 2.53. The van der Waals surface area contributed by atoms with E-state index >= 15 is 0 Å². The lowest BCUT2D eigenvalue weighted by atomic mass is 10.0. The van der Waals surface area contributed by atoms with E-state index in [0.29, 0.717) is 6.92 Å². The number of carbonyl (C=O) groups is 1. The highest BCUT2D eigenvalue weighted by Crippen LogP contribution is 2.37. The van der Waals surface area contributed by atoms with Crippen molar-refractivity contribution in [1.82, 2.24) is 0 Å². The summed E-state index contributed by atoms with van der Waals surface area (Å²) in [5, 5.41) is 1.90. The van der Waals surface area contributed by atoms with Gasteiger partial charge < -0.3 is 11.1 Å². The number of thioether (sulfide) groups is 1. The highest BCUT2D eigenvalue weighted by atomic mass is 32.2. The minimum absolute atomic E-state index is 0.0903. The molecule has 1 aromatic rings. The molecule has 0 saturated heterocycles. The average molecular weight is 332 g/mol. The van der Waals surface area contributed by atoms with E-state index in [1.54, 1.807) is 0 Å². The van der Waals surface area contributed by atoms with Crippen LogP contribution in [0.1, 0.15) is 6.92 Å². The van der Waals surface area contributed by atoms with Gasteiger partial charge >= 0.3 is 11.7 Å². The van der Waals surface area contributed by atoms with E-state index in [-0.39, 0.29) is 22.3 Å². The predicted octanol–water partition coefficient (Wildman–Crippen LogP) is 3.52. The van der Waals surface area contributed by atoms with Crippen LogP contribution >= 0.6 is 11.8 Å². The molecule has 0 heterocycles. The zero-order valence-corrected chi connectivity index (χ0v) is 11.3. The van der Waals surface area contributed by atoms with Crippen molar-refractivity contribution in [2.24, 2.45) is 5.73 Å². The van der Waals surface area contributed by atoms with Crippen LogP contribution in [0.4, 0.5) is 32.0 Å². The van der Waals surface area contributed by atoms with Gasteiger partial charge in [0.15, 0.2) is 5.54 Å². The molecule has 0 saturated carbocycles. The maximum absolute atomic E-state index is 12.5. The van der Waals surface area contributed by atoms with E-state index in [2.05, 4.69) is 0 Å². The minimum Gasteiger partial charge on any atom is -0.324 e. The smallest absolute Gasteiger partial charge is 0.324 e. The van der Waals surface area contributed by atoms with Crippen LogP contribution in [0.25, 0.3) is 0 Å². The van der Waals surface area contributed by atoms with Crippen LogP contribution in [0.3, 0.4) is 0 Å². The number of nitrogens with two attached hydrogens (primary N) is 1. The Morgan fingerprint density at radius 2 is 1.57 bits per heavy atom. The van der Waals surface area contributed by atoms with Crippen LogP contribution in [-0.2, 0) is 4.79 Å². The molecule has 0 aliphatic rings. The van der Waals surface area contributed by atoms with Gasteiger partial charge in [-0.2, -0.15) is 26.3 Å². The fourth-order valence-corrected chi connectivity index (χ4v) is 1.67. The van der Waals surface area contributed by atoms with Gasteiger partial charge in [0, 0.05) is 10.6 Å². The fourth-order valence-electron chi connectivity index (χ4n) is 1.13. The van der Waals surface area contributed by atoms with E-state index in [0.717, 1.165) is 24.3 Å². The van der Waals surface area contributed by atoms with Gasteiger partial charge in [0.1, 0.15) is 0 Å². The van der Waals surface area contributed by atoms with Crippen LogP contribution in [0.15, 0.2) is 29.2 Å². The number of anilines is 1. The molecule has 0 bridgehead atoms. The maximum Gasteiger partial charge on any atom is 0.446 e. The lowest BCUT2D eigenvalue weighted by Crippen LogP contribution is -2.59. The first-order chi connectivity index (χ1) is 9.33. The summed E-state index contributed by atoms with van der Waals surface area (Å²) in [7, 11) is 0. The Labute approximate surface area is 119 Å². The van der Waals surface area contributed by atoms with Crippen LogP contribution in [0.5, 0.6) is 0 Å². The van der Waals surface area contributed by atoms with Crippen LogP contribution < -0.4 is 11.1 Å². The molecule has 1 atom stereocenters. The van der Waals surface area contributed by atoms with Crippen molar-refractivity contribution in [3.8, 4) is 0 Å². The Hall–Kier alpha value is -1.42. The third-order valence-corrected chi connectivity index (χ3v) is 3.15. The SMILES string of the molecule is CC(N)(C(=O)Nc1ccc(SC(F)(F)F)cc1)C(F)(F)F. The van der Waals surface area contributed by atoms with Gasteiger partial charge in [0.2, 0.25) is 0 Å². The first-order valence-corrected chi connectivity index (χ1v) is 6.17. The molecular weight excluding hydrogens is 322 g/mol. The van der Waals surface area contributed by atoms with Gasteiger partial charge in [0.25, 0.3) is 5.91 Å². The third kappa shape index (κ3) is 4.81. The molecule has 0 aliphatic heterocycles. The number of rotatable bonds is 3. The molecule has 0 radical (unpaired) electrons. The number of carbonyl (C=O) groups excluding carboxylic acids is 1. The van der Waals surface area contributed by atoms with E-state index in [9.17, 15) is 31.1 Å². The van der Waals surface area contributed by atoms with E-state index < -0.39 is 23.1 Å². The largest absolute Gasteiger partial charge is 0.446 e. The monoisotopic (exact) mass is 332 g/mol. The summed E-state index contributed by atoms with van der Waals surface area (Å²) in [6.07, 6.45) is -4.96. The van der Waals surface area contributed by atoms with E-state index in [1.165, 1.54) is 0 Å². The summed E-state index contributed by atoms with van der Waals surface area (Å²) in [4.78, 5) is 11.3. The summed E-state index contributed by atoms with van der Waals surface area (Å²) in [6, 6.07) is 4.15. The normalized spacial score (nSPS) is 15.4. The summed E-state index contributed by atoms with van der Waals surface area (Å²) in [5.41, 5.74) is -2.76. The second kappa shape index (κ2) is 5.76. The Morgan fingerprint density at radius 3 is 1.95 bits per heavy atom. The molecule has 10 heteroatoms. The molecule has 0 aromatic heterocycles. The van der Waals surface area contributed by atoms with Gasteiger partial charge in [-0.15, -0.1) is 0 Å². The number of hydrogen-bond donors (Lipinski definition) is 2. The molecule has 1 aromatic carbocycles. The van der Waals surface area contributed by atoms with Crippen molar-refractivity contribution in [3.63, 3.8) is 0 Å². The first kappa shape index (κ1) is 17.6. The molecule has 1 unspecified atom stereocenters. The average Bonchev–Trinajstić information content (AvgIpc) is 2.28. The topological polar surface area (TPSA) is 55.1 Å². The van der Waals surface area contributed by atoms with Crippen LogP contribution in [0, 0.1) is 0 Å². The number of alkyl halides is 6. The van der Waals surface area contributed by atoms with Gasteiger partial charge in [0.05, 0.1) is 0 Å². The van der Waals surface area contributed by atoms with Gasteiger partial charge in [-0.1, -0.05) is 0 Å². The molecule has 1 rings (SSSR count). The van der Waals surface area contributed by atoms with E-state index in [1.807, 2.05) is 5.32 Å². The zero-order valence-electron chi connectivity index (χ0n) is 10.5. The van der Waals surface area contributed by atoms with E-state index in [4.69, 9.17) is 5.73 Å². The summed E-state index contributed by atoms with van der Waals surface area (Å²) < 4.78 is 73.8. The second-order valence-corrected chi connectivity index (χ2v) is 5.36. The Morgan fingerprint density at radius 1 is 1.10 bits per heavy atom. The van der Waals surface area contributed by atoms with Crippen molar-refractivity contribution in [1.29, 1.82) is 0 Å². The predicted molar refractivity (Wildman–Crippen MR) is 65.6 cm³/mol. The van der Waals surface area contributed by atoms with Crippen molar-refractivity contribution in [3.05, 3.63) is 24.3 Å². The maximum atomic E-state index is 12.5. The Balaban J connectivity index is 2.79. The number of halogens is 6. The highest BCUT2D eigenvalue weighted by molar-refractivity contribution is 8.00. The van der Waals surface area contributed by atoms with Gasteiger partial charge in [-0.05, 0) is 43.0 Å². The Bertz CT molecular complexity index is 509. The molecule has 21 heavy (non-hydrogen) atoms. The number of hydrogen-bond acceptors (Lipinski definition) is 3. The minimum atomic E-state index is -4.96. The van der Waals surface area contributed by atoms with Gasteiger partial charge in [-0.3, -0.25) is 4.79 Å². The number of nitrogens with one attached hydrogen (secondary N) is 1. The lowest BCUT2D eigenvalue weighted by molar-refractivity contribution is -0.184. The molecule has 0 aliphatic carbocycles. The lowest BCUT2D eigenvalue weighted by Gasteiger charge is -2.26. The van der Waals surface area contributed by atoms with Crippen LogP contribution in [0.2, 0.25) is 0 Å². The number of amides is 1. The fraction of sp³-hybridized carbons (Fsp3) is 0.364. The molecular formula is C11H10F6N2OS. The molecule has 1 amide bonds. The second-order valence-electron chi connectivity index (χ2n) is 4.23.